The minimum Gasteiger partial charge on any atom is -0.359 e. The Kier molecular flexibility index (Phi) is 5.14. The van der Waals surface area contributed by atoms with E-state index in [-0.39, 0.29) is 5.91 Å². The van der Waals surface area contributed by atoms with Crippen LogP contribution < -0.4 is 5.32 Å². The van der Waals surface area contributed by atoms with Gasteiger partial charge in [-0.3, -0.25) is 9.69 Å². The molecule has 1 amide bonds. The van der Waals surface area contributed by atoms with Crippen molar-refractivity contribution in [3.63, 3.8) is 0 Å². The van der Waals surface area contributed by atoms with Crippen LogP contribution in [0.25, 0.3) is 11.0 Å². The van der Waals surface area contributed by atoms with Gasteiger partial charge in [0.15, 0.2) is 0 Å². The fourth-order valence-electron chi connectivity index (χ4n) is 2.08. The zero-order chi connectivity index (χ0) is 14.5. The van der Waals surface area contributed by atoms with Gasteiger partial charge in [-0.05, 0) is 38.2 Å². The molecule has 5 nitrogen and oxygen atoms in total. The molecule has 108 valence electrons. The summed E-state index contributed by atoms with van der Waals surface area (Å²) in [5.74, 6) is 1.03. The van der Waals surface area contributed by atoms with Gasteiger partial charge in [0.2, 0.25) is 5.91 Å². The van der Waals surface area contributed by atoms with Gasteiger partial charge in [-0.15, -0.1) is 0 Å². The lowest BCUT2D eigenvalue weighted by molar-refractivity contribution is -0.120. The Morgan fingerprint density at radius 1 is 1.50 bits per heavy atom. The van der Waals surface area contributed by atoms with Crippen LogP contribution in [0.15, 0.2) is 22.7 Å². The highest BCUT2D eigenvalue weighted by Crippen LogP contribution is 2.18. The predicted molar refractivity (Wildman–Crippen MR) is 83.4 cm³/mol. The van der Waals surface area contributed by atoms with E-state index in [1.165, 1.54) is 0 Å². The van der Waals surface area contributed by atoms with E-state index in [1.807, 2.05) is 25.2 Å². The van der Waals surface area contributed by atoms with Gasteiger partial charge in [0.05, 0.1) is 17.6 Å². The second kappa shape index (κ2) is 6.85. The van der Waals surface area contributed by atoms with Crippen LogP contribution in [-0.2, 0) is 11.3 Å². The molecule has 0 aliphatic carbocycles. The van der Waals surface area contributed by atoms with E-state index in [4.69, 9.17) is 0 Å². The number of fused-ring (bicyclic) bond motifs is 1. The number of rotatable bonds is 6. The van der Waals surface area contributed by atoms with Gasteiger partial charge in [0.1, 0.15) is 5.82 Å². The molecule has 0 bridgehead atoms. The minimum atomic E-state index is 0.0898. The van der Waals surface area contributed by atoms with E-state index in [2.05, 4.69) is 36.1 Å². The summed E-state index contributed by atoms with van der Waals surface area (Å²) < 4.78 is 1.04. The zero-order valence-corrected chi connectivity index (χ0v) is 13.3. The number of halogens is 1. The first-order valence-electron chi connectivity index (χ1n) is 6.62. The molecule has 6 heteroatoms. The number of aromatic nitrogens is 2. The van der Waals surface area contributed by atoms with Crippen LogP contribution in [0.3, 0.4) is 0 Å². The highest BCUT2D eigenvalue weighted by Gasteiger charge is 2.07. The molecule has 2 aromatic rings. The maximum Gasteiger partial charge on any atom is 0.219 e. The lowest BCUT2D eigenvalue weighted by Gasteiger charge is -2.14. The number of H-pyrrole nitrogens is 1. The summed E-state index contributed by atoms with van der Waals surface area (Å²) >= 11 is 3.45. The number of hydrogen-bond acceptors (Lipinski definition) is 3. The highest BCUT2D eigenvalue weighted by molar-refractivity contribution is 9.10. The summed E-state index contributed by atoms with van der Waals surface area (Å²) in [6.45, 7) is 1.62. The monoisotopic (exact) mass is 338 g/mol. The summed E-state index contributed by atoms with van der Waals surface area (Å²) in [5, 5.41) is 2.63. The average Bonchev–Trinajstić information content (AvgIpc) is 2.79. The van der Waals surface area contributed by atoms with Crippen molar-refractivity contribution in [1.29, 1.82) is 0 Å². The van der Waals surface area contributed by atoms with Gasteiger partial charge in [-0.25, -0.2) is 4.98 Å². The van der Waals surface area contributed by atoms with Crippen molar-refractivity contribution in [3.05, 3.63) is 28.5 Å². The summed E-state index contributed by atoms with van der Waals surface area (Å²) in [7, 11) is 3.70. The number of carbonyl (C=O) groups is 1. The molecule has 0 saturated carbocycles. The van der Waals surface area contributed by atoms with Crippen molar-refractivity contribution in [1.82, 2.24) is 20.2 Å². The Hall–Kier alpha value is -1.40. The lowest BCUT2D eigenvalue weighted by Crippen LogP contribution is -2.23. The summed E-state index contributed by atoms with van der Waals surface area (Å²) in [6.07, 6.45) is 1.41. The Bertz CT molecular complexity index is 596. The van der Waals surface area contributed by atoms with Crippen molar-refractivity contribution in [2.75, 3.05) is 20.6 Å². The number of hydrogen-bond donors (Lipinski definition) is 2. The van der Waals surface area contributed by atoms with Crippen LogP contribution in [0.2, 0.25) is 0 Å². The van der Waals surface area contributed by atoms with E-state index < -0.39 is 0 Å². The molecule has 0 aliphatic heterocycles. The molecular weight excluding hydrogens is 320 g/mol. The Morgan fingerprint density at radius 2 is 2.30 bits per heavy atom. The number of benzene rings is 1. The fourth-order valence-corrected chi connectivity index (χ4v) is 2.44. The van der Waals surface area contributed by atoms with E-state index in [0.717, 1.165) is 40.8 Å². The SMILES string of the molecule is CNC(=O)CCCN(C)Cc1nc2ccc(Br)cc2[nH]1. The highest BCUT2D eigenvalue weighted by atomic mass is 79.9. The average molecular weight is 339 g/mol. The van der Waals surface area contributed by atoms with Crippen molar-refractivity contribution in [2.45, 2.75) is 19.4 Å². The third-order valence-electron chi connectivity index (χ3n) is 3.14. The van der Waals surface area contributed by atoms with E-state index in [9.17, 15) is 4.79 Å². The second-order valence-electron chi connectivity index (χ2n) is 4.86. The van der Waals surface area contributed by atoms with Gasteiger partial charge < -0.3 is 10.3 Å². The maximum atomic E-state index is 11.1. The maximum absolute atomic E-state index is 11.1. The summed E-state index contributed by atoms with van der Waals surface area (Å²) in [4.78, 5) is 21.2. The number of aromatic amines is 1. The first kappa shape index (κ1) is 15.0. The molecule has 0 unspecified atom stereocenters. The van der Waals surface area contributed by atoms with Crippen LogP contribution in [-0.4, -0.2) is 41.4 Å². The Balaban J connectivity index is 1.89. The van der Waals surface area contributed by atoms with Gasteiger partial charge in [-0.1, -0.05) is 15.9 Å². The van der Waals surface area contributed by atoms with Crippen molar-refractivity contribution >= 4 is 32.9 Å². The largest absolute Gasteiger partial charge is 0.359 e. The van der Waals surface area contributed by atoms with Gasteiger partial charge >= 0.3 is 0 Å². The third kappa shape index (κ3) is 4.05. The Labute approximate surface area is 126 Å². The van der Waals surface area contributed by atoms with E-state index in [1.54, 1.807) is 7.05 Å². The molecule has 1 heterocycles. The van der Waals surface area contributed by atoms with Crippen molar-refractivity contribution in [3.8, 4) is 0 Å². The van der Waals surface area contributed by atoms with Crippen LogP contribution in [0.1, 0.15) is 18.7 Å². The molecule has 20 heavy (non-hydrogen) atoms. The molecular formula is C14H19BrN4O. The number of nitrogens with zero attached hydrogens (tertiary/aromatic N) is 2. The molecule has 0 atom stereocenters. The van der Waals surface area contributed by atoms with Crippen molar-refractivity contribution in [2.24, 2.45) is 0 Å². The third-order valence-corrected chi connectivity index (χ3v) is 3.63. The molecule has 0 spiro atoms. The van der Waals surface area contributed by atoms with Crippen LogP contribution in [0.5, 0.6) is 0 Å². The number of nitrogens with one attached hydrogen (secondary N) is 2. The van der Waals surface area contributed by atoms with Gasteiger partial charge in [0.25, 0.3) is 0 Å². The Morgan fingerprint density at radius 3 is 3.05 bits per heavy atom. The standard InChI is InChI=1S/C14H19BrN4O/c1-16-14(20)4-3-7-19(2)9-13-17-11-6-5-10(15)8-12(11)18-13/h5-6,8H,3-4,7,9H2,1-2H3,(H,16,20)(H,17,18). The number of carbonyl (C=O) groups excluding carboxylic acids is 1. The summed E-state index contributed by atoms with van der Waals surface area (Å²) in [5.41, 5.74) is 2.01. The van der Waals surface area contributed by atoms with Gasteiger partial charge in [-0.2, -0.15) is 0 Å². The smallest absolute Gasteiger partial charge is 0.219 e. The van der Waals surface area contributed by atoms with Crippen molar-refractivity contribution < 1.29 is 4.79 Å². The summed E-state index contributed by atoms with van der Waals surface area (Å²) in [6, 6.07) is 6.00. The first-order chi connectivity index (χ1) is 9.58. The molecule has 0 fully saturated rings. The first-order valence-corrected chi connectivity index (χ1v) is 7.41. The second-order valence-corrected chi connectivity index (χ2v) is 5.78. The molecule has 0 saturated heterocycles. The van der Waals surface area contributed by atoms with Crippen LogP contribution in [0.4, 0.5) is 0 Å². The quantitative estimate of drug-likeness (QED) is 0.849. The molecule has 2 N–H and O–H groups in total. The van der Waals surface area contributed by atoms with E-state index in [0.29, 0.717) is 6.42 Å². The molecule has 1 aromatic heterocycles. The predicted octanol–water partition coefficient (Wildman–Crippen LogP) is 2.28. The minimum absolute atomic E-state index is 0.0898. The number of imidazole rings is 1. The molecule has 2 rings (SSSR count). The molecule has 0 aliphatic rings. The van der Waals surface area contributed by atoms with Gasteiger partial charge in [0, 0.05) is 17.9 Å². The fraction of sp³-hybridized carbons (Fsp3) is 0.429. The molecule has 1 aromatic carbocycles. The number of amides is 1. The lowest BCUT2D eigenvalue weighted by atomic mass is 10.3. The normalized spacial score (nSPS) is 11.2. The zero-order valence-electron chi connectivity index (χ0n) is 11.7. The van der Waals surface area contributed by atoms with E-state index >= 15 is 0 Å². The topological polar surface area (TPSA) is 61.0 Å². The van der Waals surface area contributed by atoms with Crippen LogP contribution in [0, 0.1) is 0 Å². The molecule has 0 radical (unpaired) electrons. The van der Waals surface area contributed by atoms with Crippen LogP contribution >= 0.6 is 15.9 Å².